The summed E-state index contributed by atoms with van der Waals surface area (Å²) in [6.45, 7) is 4.54. The van der Waals surface area contributed by atoms with Gasteiger partial charge in [0.25, 0.3) is 0 Å². The molecule has 0 heterocycles. The number of nitrogens with one attached hydrogen (secondary N) is 1. The van der Waals surface area contributed by atoms with Crippen molar-refractivity contribution >= 4 is 0 Å². The van der Waals surface area contributed by atoms with Crippen LogP contribution in [0.5, 0.6) is 0 Å². The van der Waals surface area contributed by atoms with E-state index in [0.717, 1.165) is 37.2 Å². The number of rotatable bonds is 5. The van der Waals surface area contributed by atoms with Crippen LogP contribution < -0.4 is 11.1 Å². The molecule has 0 aliphatic carbocycles. The van der Waals surface area contributed by atoms with Crippen LogP contribution in [0.3, 0.4) is 0 Å². The highest BCUT2D eigenvalue weighted by Crippen LogP contribution is 2.10. The summed E-state index contributed by atoms with van der Waals surface area (Å²) in [5.74, 6) is 0. The van der Waals surface area contributed by atoms with Crippen LogP contribution >= 0.6 is 0 Å². The van der Waals surface area contributed by atoms with Crippen molar-refractivity contribution in [2.75, 3.05) is 13.1 Å². The summed E-state index contributed by atoms with van der Waals surface area (Å²) in [5.41, 5.74) is 8.52. The molecule has 0 atom stereocenters. The molecule has 15 heavy (non-hydrogen) atoms. The van der Waals surface area contributed by atoms with Gasteiger partial charge in [-0.1, -0.05) is 6.07 Å². The lowest BCUT2D eigenvalue weighted by molar-refractivity contribution is 0.653. The summed E-state index contributed by atoms with van der Waals surface area (Å²) < 4.78 is 0. The number of aryl methyl sites for hydroxylation is 1. The van der Waals surface area contributed by atoms with Gasteiger partial charge in [-0.15, -0.1) is 0 Å². The van der Waals surface area contributed by atoms with E-state index in [9.17, 15) is 0 Å². The van der Waals surface area contributed by atoms with Crippen molar-refractivity contribution in [3.8, 4) is 6.07 Å². The van der Waals surface area contributed by atoms with E-state index < -0.39 is 0 Å². The normalized spacial score (nSPS) is 9.93. The molecule has 1 aromatic carbocycles. The Hall–Kier alpha value is -1.37. The molecule has 3 heteroatoms. The minimum absolute atomic E-state index is 0.721. The van der Waals surface area contributed by atoms with Crippen molar-refractivity contribution in [2.24, 2.45) is 5.73 Å². The van der Waals surface area contributed by atoms with Crippen molar-refractivity contribution in [3.05, 3.63) is 34.9 Å². The second-order valence-corrected chi connectivity index (χ2v) is 3.57. The third-order valence-corrected chi connectivity index (χ3v) is 2.34. The topological polar surface area (TPSA) is 61.8 Å². The number of nitrogens with two attached hydrogens (primary N) is 1. The van der Waals surface area contributed by atoms with Gasteiger partial charge in [-0.05, 0) is 49.7 Å². The van der Waals surface area contributed by atoms with Gasteiger partial charge in [-0.2, -0.15) is 5.26 Å². The molecule has 0 aliphatic heterocycles. The maximum atomic E-state index is 8.72. The Kier molecular flexibility index (Phi) is 4.82. The zero-order chi connectivity index (χ0) is 11.1. The summed E-state index contributed by atoms with van der Waals surface area (Å²) in [7, 11) is 0. The Morgan fingerprint density at radius 2 is 2.27 bits per heavy atom. The molecule has 3 N–H and O–H groups in total. The molecule has 0 fully saturated rings. The monoisotopic (exact) mass is 203 g/mol. The van der Waals surface area contributed by atoms with Crippen LogP contribution in [0.15, 0.2) is 18.2 Å². The molecule has 0 amide bonds. The molecular weight excluding hydrogens is 186 g/mol. The van der Waals surface area contributed by atoms with E-state index in [4.69, 9.17) is 11.0 Å². The van der Waals surface area contributed by atoms with Crippen molar-refractivity contribution < 1.29 is 0 Å². The molecule has 0 aromatic heterocycles. The largest absolute Gasteiger partial charge is 0.330 e. The van der Waals surface area contributed by atoms with Crippen LogP contribution in [0.2, 0.25) is 0 Å². The van der Waals surface area contributed by atoms with E-state index in [2.05, 4.69) is 11.4 Å². The Labute approximate surface area is 90.9 Å². The molecule has 0 saturated heterocycles. The average Bonchev–Trinajstić information content (AvgIpc) is 2.26. The molecule has 3 nitrogen and oxygen atoms in total. The second-order valence-electron chi connectivity index (χ2n) is 3.57. The fraction of sp³-hybridized carbons (Fsp3) is 0.417. The summed E-state index contributed by atoms with van der Waals surface area (Å²) in [6.07, 6.45) is 0.995. The zero-order valence-electron chi connectivity index (χ0n) is 9.09. The lowest BCUT2D eigenvalue weighted by atomic mass is 10.1. The molecule has 0 spiro atoms. The predicted molar refractivity (Wildman–Crippen MR) is 61.3 cm³/mol. The van der Waals surface area contributed by atoms with Crippen molar-refractivity contribution in [3.63, 3.8) is 0 Å². The van der Waals surface area contributed by atoms with Crippen LogP contribution in [0, 0.1) is 18.3 Å². The minimum atomic E-state index is 0.721. The highest BCUT2D eigenvalue weighted by Gasteiger charge is 1.99. The molecule has 1 aromatic rings. The van der Waals surface area contributed by atoms with E-state index in [1.54, 1.807) is 0 Å². The average molecular weight is 203 g/mol. The number of hydrogen-bond acceptors (Lipinski definition) is 3. The van der Waals surface area contributed by atoms with E-state index >= 15 is 0 Å². The zero-order valence-corrected chi connectivity index (χ0v) is 9.09. The highest BCUT2D eigenvalue weighted by atomic mass is 14.8. The van der Waals surface area contributed by atoms with Crippen molar-refractivity contribution in [1.82, 2.24) is 5.32 Å². The first-order valence-electron chi connectivity index (χ1n) is 5.18. The highest BCUT2D eigenvalue weighted by molar-refractivity contribution is 5.37. The summed E-state index contributed by atoms with van der Waals surface area (Å²) in [5, 5.41) is 12.0. The van der Waals surface area contributed by atoms with Gasteiger partial charge < -0.3 is 11.1 Å². The number of hydrogen-bond donors (Lipinski definition) is 2. The van der Waals surface area contributed by atoms with Gasteiger partial charge in [0.05, 0.1) is 11.6 Å². The first-order chi connectivity index (χ1) is 7.27. The SMILES string of the molecule is Cc1cc(C#N)ccc1CNCCCN. The summed E-state index contributed by atoms with van der Waals surface area (Å²) >= 11 is 0. The Balaban J connectivity index is 2.52. The smallest absolute Gasteiger partial charge is 0.0991 e. The standard InChI is InChI=1S/C12H17N3/c1-10-7-11(8-14)3-4-12(10)9-15-6-2-5-13/h3-4,7,15H,2,5-6,9,13H2,1H3. The third-order valence-electron chi connectivity index (χ3n) is 2.34. The Morgan fingerprint density at radius 1 is 1.47 bits per heavy atom. The lowest BCUT2D eigenvalue weighted by Gasteiger charge is -2.07. The van der Waals surface area contributed by atoms with E-state index in [1.165, 1.54) is 5.56 Å². The van der Waals surface area contributed by atoms with Crippen LogP contribution in [-0.2, 0) is 6.54 Å². The predicted octanol–water partition coefficient (Wildman–Crippen LogP) is 1.31. The number of nitrogens with zero attached hydrogens (tertiary/aromatic N) is 1. The van der Waals surface area contributed by atoms with Crippen molar-refractivity contribution in [1.29, 1.82) is 5.26 Å². The van der Waals surface area contributed by atoms with Gasteiger partial charge in [0.2, 0.25) is 0 Å². The first kappa shape index (κ1) is 11.7. The quantitative estimate of drug-likeness (QED) is 0.709. The maximum Gasteiger partial charge on any atom is 0.0991 e. The van der Waals surface area contributed by atoms with Gasteiger partial charge in [-0.3, -0.25) is 0 Å². The van der Waals surface area contributed by atoms with E-state index in [0.29, 0.717) is 0 Å². The van der Waals surface area contributed by atoms with Gasteiger partial charge in [0, 0.05) is 6.54 Å². The molecule has 80 valence electrons. The number of benzene rings is 1. The molecule has 0 bridgehead atoms. The molecule has 0 radical (unpaired) electrons. The van der Waals surface area contributed by atoms with Crippen LogP contribution in [0.25, 0.3) is 0 Å². The minimum Gasteiger partial charge on any atom is -0.330 e. The fourth-order valence-electron chi connectivity index (χ4n) is 1.41. The first-order valence-corrected chi connectivity index (χ1v) is 5.18. The molecule has 0 unspecified atom stereocenters. The Morgan fingerprint density at radius 3 is 2.87 bits per heavy atom. The molecule has 1 rings (SSSR count). The summed E-state index contributed by atoms with van der Waals surface area (Å²) in [4.78, 5) is 0. The van der Waals surface area contributed by atoms with Gasteiger partial charge in [0.15, 0.2) is 0 Å². The van der Waals surface area contributed by atoms with Gasteiger partial charge in [0.1, 0.15) is 0 Å². The number of nitriles is 1. The van der Waals surface area contributed by atoms with E-state index in [1.807, 2.05) is 25.1 Å². The Bertz CT molecular complexity index is 352. The summed E-state index contributed by atoms with van der Waals surface area (Å²) in [6, 6.07) is 7.91. The molecule has 0 saturated carbocycles. The third kappa shape index (κ3) is 3.70. The van der Waals surface area contributed by atoms with Gasteiger partial charge >= 0.3 is 0 Å². The second kappa shape index (κ2) is 6.18. The van der Waals surface area contributed by atoms with Crippen LogP contribution in [-0.4, -0.2) is 13.1 Å². The molecule has 0 aliphatic rings. The van der Waals surface area contributed by atoms with Crippen LogP contribution in [0.1, 0.15) is 23.1 Å². The maximum absolute atomic E-state index is 8.72. The van der Waals surface area contributed by atoms with Crippen LogP contribution in [0.4, 0.5) is 0 Å². The fourth-order valence-corrected chi connectivity index (χ4v) is 1.41. The van der Waals surface area contributed by atoms with E-state index in [-0.39, 0.29) is 0 Å². The van der Waals surface area contributed by atoms with Gasteiger partial charge in [-0.25, -0.2) is 0 Å². The molecular formula is C12H17N3. The lowest BCUT2D eigenvalue weighted by Crippen LogP contribution is -2.18. The van der Waals surface area contributed by atoms with Crippen molar-refractivity contribution in [2.45, 2.75) is 19.9 Å².